The van der Waals surface area contributed by atoms with E-state index in [1.807, 2.05) is 0 Å². The summed E-state index contributed by atoms with van der Waals surface area (Å²) in [5.41, 5.74) is 0. The zero-order chi connectivity index (χ0) is 15.2. The molecule has 108 valence electrons. The van der Waals surface area contributed by atoms with Crippen molar-refractivity contribution in [3.63, 3.8) is 0 Å². The smallest absolute Gasteiger partial charge is 0.308 e. The van der Waals surface area contributed by atoms with Crippen LogP contribution in [0.4, 0.5) is 0 Å². The van der Waals surface area contributed by atoms with E-state index in [1.165, 1.54) is 13.8 Å². The molecule has 2 aromatic carbocycles. The van der Waals surface area contributed by atoms with E-state index < -0.39 is 0 Å². The molecule has 0 atom stereocenters. The second kappa shape index (κ2) is 6.56. The summed E-state index contributed by atoms with van der Waals surface area (Å²) in [5, 5.41) is 0. The topological polar surface area (TPSA) is 61.8 Å². The van der Waals surface area contributed by atoms with E-state index >= 15 is 0 Å². The maximum Gasteiger partial charge on any atom is 0.308 e. The lowest BCUT2D eigenvalue weighted by atomic mass is 10.3. The second-order valence-corrected chi connectivity index (χ2v) is 4.23. The molecule has 5 heteroatoms. The number of esters is 2. The summed E-state index contributed by atoms with van der Waals surface area (Å²) in [4.78, 5) is 21.6. The highest BCUT2D eigenvalue weighted by molar-refractivity contribution is 5.69. The highest BCUT2D eigenvalue weighted by Crippen LogP contribution is 2.25. The number of benzene rings is 2. The van der Waals surface area contributed by atoms with Crippen LogP contribution in [0.25, 0.3) is 0 Å². The Bertz CT molecular complexity index is 571. The first-order chi connectivity index (χ1) is 10.0. The Balaban J connectivity index is 2.01. The van der Waals surface area contributed by atoms with Crippen molar-refractivity contribution in [2.24, 2.45) is 0 Å². The molecule has 0 N–H and O–H groups in total. The number of hydrogen-bond acceptors (Lipinski definition) is 5. The van der Waals surface area contributed by atoms with Gasteiger partial charge in [0.05, 0.1) is 0 Å². The molecule has 0 spiro atoms. The predicted molar refractivity (Wildman–Crippen MR) is 75.6 cm³/mol. The van der Waals surface area contributed by atoms with Gasteiger partial charge in [0.1, 0.15) is 23.0 Å². The van der Waals surface area contributed by atoms with Crippen molar-refractivity contribution in [2.75, 3.05) is 0 Å². The largest absolute Gasteiger partial charge is 0.457 e. The summed E-state index contributed by atoms with van der Waals surface area (Å²) < 4.78 is 15.5. The van der Waals surface area contributed by atoms with Gasteiger partial charge in [-0.2, -0.15) is 0 Å². The molecule has 0 saturated carbocycles. The van der Waals surface area contributed by atoms with Crippen LogP contribution in [0.15, 0.2) is 48.5 Å². The lowest BCUT2D eigenvalue weighted by molar-refractivity contribution is -0.132. The van der Waals surface area contributed by atoms with Gasteiger partial charge in [-0.1, -0.05) is 0 Å². The minimum Gasteiger partial charge on any atom is -0.457 e. The minimum absolute atomic E-state index is 0.371. The quantitative estimate of drug-likeness (QED) is 0.637. The Morgan fingerprint density at radius 2 is 0.905 bits per heavy atom. The van der Waals surface area contributed by atoms with E-state index in [0.29, 0.717) is 23.0 Å². The molecule has 2 aromatic rings. The van der Waals surface area contributed by atoms with E-state index in [4.69, 9.17) is 14.2 Å². The third-order valence-corrected chi connectivity index (χ3v) is 2.41. The van der Waals surface area contributed by atoms with Gasteiger partial charge in [-0.15, -0.1) is 0 Å². The summed E-state index contributed by atoms with van der Waals surface area (Å²) in [5.74, 6) is 1.38. The van der Waals surface area contributed by atoms with Crippen LogP contribution in [0.5, 0.6) is 23.0 Å². The van der Waals surface area contributed by atoms with Crippen LogP contribution < -0.4 is 14.2 Å². The molecule has 0 bridgehead atoms. The predicted octanol–water partition coefficient (Wildman–Crippen LogP) is 3.33. The van der Waals surface area contributed by atoms with Crippen LogP contribution in [0.2, 0.25) is 0 Å². The molecule has 5 nitrogen and oxygen atoms in total. The van der Waals surface area contributed by atoms with E-state index in [2.05, 4.69) is 0 Å². The van der Waals surface area contributed by atoms with E-state index in [-0.39, 0.29) is 11.9 Å². The van der Waals surface area contributed by atoms with Gasteiger partial charge in [0, 0.05) is 13.8 Å². The third-order valence-electron chi connectivity index (χ3n) is 2.41. The molecule has 0 unspecified atom stereocenters. The lowest BCUT2D eigenvalue weighted by Gasteiger charge is -2.07. The van der Waals surface area contributed by atoms with Gasteiger partial charge < -0.3 is 14.2 Å². The highest BCUT2D eigenvalue weighted by Gasteiger charge is 2.02. The molecule has 0 fully saturated rings. The van der Waals surface area contributed by atoms with Gasteiger partial charge in [0.2, 0.25) is 0 Å². The molecule has 0 aliphatic rings. The zero-order valence-electron chi connectivity index (χ0n) is 11.7. The standard InChI is InChI=1S/C16H14O5/c1-11(17)19-13-3-7-15(8-4-13)21-16-9-5-14(6-10-16)20-12(2)18/h3-10H,1-2H3. The Morgan fingerprint density at radius 3 is 1.19 bits per heavy atom. The number of ether oxygens (including phenoxy) is 3. The van der Waals surface area contributed by atoms with Gasteiger partial charge in [0.15, 0.2) is 0 Å². The SMILES string of the molecule is CC(=O)Oc1ccc(Oc2ccc(OC(C)=O)cc2)cc1. The summed E-state index contributed by atoms with van der Waals surface area (Å²) in [6, 6.07) is 13.3. The average Bonchev–Trinajstić information content (AvgIpc) is 2.42. The van der Waals surface area contributed by atoms with Crippen LogP contribution in [-0.4, -0.2) is 11.9 Å². The van der Waals surface area contributed by atoms with Crippen molar-refractivity contribution < 1.29 is 23.8 Å². The van der Waals surface area contributed by atoms with E-state index in [9.17, 15) is 9.59 Å². The first-order valence-electron chi connectivity index (χ1n) is 6.28. The summed E-state index contributed by atoms with van der Waals surface area (Å²) in [6.45, 7) is 2.68. The summed E-state index contributed by atoms with van der Waals surface area (Å²) in [6.07, 6.45) is 0. The van der Waals surface area contributed by atoms with Crippen molar-refractivity contribution in [3.8, 4) is 23.0 Å². The average molecular weight is 286 g/mol. The Kier molecular flexibility index (Phi) is 4.56. The molecule has 0 aliphatic heterocycles. The summed E-state index contributed by atoms with van der Waals surface area (Å²) in [7, 11) is 0. The van der Waals surface area contributed by atoms with Gasteiger partial charge >= 0.3 is 11.9 Å². The van der Waals surface area contributed by atoms with E-state index in [1.54, 1.807) is 48.5 Å². The lowest BCUT2D eigenvalue weighted by Crippen LogP contribution is -2.01. The fourth-order valence-corrected chi connectivity index (χ4v) is 1.62. The van der Waals surface area contributed by atoms with Gasteiger partial charge in [-0.25, -0.2) is 0 Å². The Labute approximate surface area is 122 Å². The first-order valence-corrected chi connectivity index (χ1v) is 6.28. The molecule has 2 rings (SSSR count). The van der Waals surface area contributed by atoms with Crippen molar-refractivity contribution in [3.05, 3.63) is 48.5 Å². The molecule has 0 aliphatic carbocycles. The minimum atomic E-state index is -0.371. The molecule has 0 saturated heterocycles. The van der Waals surface area contributed by atoms with Gasteiger partial charge in [-0.3, -0.25) is 9.59 Å². The summed E-state index contributed by atoms with van der Waals surface area (Å²) >= 11 is 0. The first kappa shape index (κ1) is 14.6. The van der Waals surface area contributed by atoms with E-state index in [0.717, 1.165) is 0 Å². The van der Waals surface area contributed by atoms with Crippen LogP contribution in [0, 0.1) is 0 Å². The number of carbonyl (C=O) groups excluding carboxylic acids is 2. The van der Waals surface area contributed by atoms with Crippen LogP contribution in [-0.2, 0) is 9.59 Å². The number of hydrogen-bond donors (Lipinski definition) is 0. The van der Waals surface area contributed by atoms with Crippen molar-refractivity contribution in [1.82, 2.24) is 0 Å². The molecule has 0 aromatic heterocycles. The maximum absolute atomic E-state index is 10.8. The second-order valence-electron chi connectivity index (χ2n) is 4.23. The monoisotopic (exact) mass is 286 g/mol. The zero-order valence-corrected chi connectivity index (χ0v) is 11.7. The highest BCUT2D eigenvalue weighted by atomic mass is 16.5. The number of rotatable bonds is 4. The molecular weight excluding hydrogens is 272 g/mol. The molecule has 0 radical (unpaired) electrons. The fraction of sp³-hybridized carbons (Fsp3) is 0.125. The molecular formula is C16H14O5. The van der Waals surface area contributed by atoms with Crippen LogP contribution in [0.1, 0.15) is 13.8 Å². The van der Waals surface area contributed by atoms with Crippen molar-refractivity contribution in [2.45, 2.75) is 13.8 Å². The Morgan fingerprint density at radius 1 is 0.619 bits per heavy atom. The molecule has 0 amide bonds. The van der Waals surface area contributed by atoms with Crippen LogP contribution in [0.3, 0.4) is 0 Å². The van der Waals surface area contributed by atoms with Gasteiger partial charge in [0.25, 0.3) is 0 Å². The maximum atomic E-state index is 10.8. The normalized spacial score (nSPS) is 9.81. The Hall–Kier alpha value is -2.82. The molecule has 21 heavy (non-hydrogen) atoms. The van der Waals surface area contributed by atoms with Crippen molar-refractivity contribution in [1.29, 1.82) is 0 Å². The molecule has 0 heterocycles. The van der Waals surface area contributed by atoms with Gasteiger partial charge in [-0.05, 0) is 48.5 Å². The third kappa shape index (κ3) is 4.65. The van der Waals surface area contributed by atoms with Crippen molar-refractivity contribution >= 4 is 11.9 Å². The number of carbonyl (C=O) groups is 2. The van der Waals surface area contributed by atoms with Crippen LogP contribution >= 0.6 is 0 Å². The fourth-order valence-electron chi connectivity index (χ4n) is 1.62.